The van der Waals surface area contributed by atoms with Crippen molar-refractivity contribution in [2.45, 2.75) is 39.2 Å². The van der Waals surface area contributed by atoms with Crippen molar-refractivity contribution in [2.24, 2.45) is 5.92 Å². The van der Waals surface area contributed by atoms with Crippen molar-refractivity contribution in [3.8, 4) is 0 Å². The third-order valence-electron chi connectivity index (χ3n) is 3.53. The number of rotatable bonds is 6. The highest BCUT2D eigenvalue weighted by Gasteiger charge is 2.32. The minimum Gasteiger partial charge on any atom is -0.481 e. The number of carboxylic acids is 1. The lowest BCUT2D eigenvalue weighted by molar-refractivity contribution is -0.139. The summed E-state index contributed by atoms with van der Waals surface area (Å²) in [5, 5.41) is 12.3. The molecule has 1 rings (SSSR count). The van der Waals surface area contributed by atoms with Gasteiger partial charge in [0.25, 0.3) is 0 Å². The van der Waals surface area contributed by atoms with Crippen molar-refractivity contribution >= 4 is 23.5 Å². The number of halogens is 1. The number of carbonyl (C=O) groups is 2. The van der Waals surface area contributed by atoms with Crippen LogP contribution in [0.5, 0.6) is 0 Å². The van der Waals surface area contributed by atoms with Crippen LogP contribution in [-0.4, -0.2) is 22.5 Å². The Labute approximate surface area is 124 Å². The van der Waals surface area contributed by atoms with Crippen molar-refractivity contribution in [1.29, 1.82) is 0 Å². The Bertz CT molecular complexity index is 502. The summed E-state index contributed by atoms with van der Waals surface area (Å²) in [7, 11) is 0. The van der Waals surface area contributed by atoms with Gasteiger partial charge in [0, 0.05) is 10.6 Å². The molecule has 0 fully saturated rings. The Morgan fingerprint density at radius 1 is 1.35 bits per heavy atom. The number of aliphatic carboxylic acids is 1. The van der Waals surface area contributed by atoms with Gasteiger partial charge in [-0.25, -0.2) is 0 Å². The smallest absolute Gasteiger partial charge is 0.305 e. The number of nitrogens with one attached hydrogen (secondary N) is 1. The van der Waals surface area contributed by atoms with E-state index in [4.69, 9.17) is 16.7 Å². The lowest BCUT2D eigenvalue weighted by atomic mass is 9.85. The molecule has 2 N–H and O–H groups in total. The van der Waals surface area contributed by atoms with Gasteiger partial charge >= 0.3 is 5.97 Å². The van der Waals surface area contributed by atoms with Crippen LogP contribution in [0, 0.1) is 5.92 Å². The van der Waals surface area contributed by atoms with Gasteiger partial charge in [-0.3, -0.25) is 9.59 Å². The highest BCUT2D eigenvalue weighted by atomic mass is 35.5. The molecule has 1 amide bonds. The van der Waals surface area contributed by atoms with Gasteiger partial charge in [0.2, 0.25) is 5.91 Å². The van der Waals surface area contributed by atoms with Crippen LogP contribution in [0.15, 0.2) is 24.3 Å². The Hall–Kier alpha value is -1.55. The quantitative estimate of drug-likeness (QED) is 0.848. The number of carboxylic acid groups (broad SMARTS) is 1. The number of benzene rings is 1. The zero-order chi connectivity index (χ0) is 15.3. The third-order valence-corrected chi connectivity index (χ3v) is 3.90. The van der Waals surface area contributed by atoms with E-state index < -0.39 is 11.5 Å². The average molecular weight is 298 g/mol. The first kappa shape index (κ1) is 16.5. The molecular weight excluding hydrogens is 278 g/mol. The molecule has 5 heteroatoms. The second-order valence-electron chi connectivity index (χ2n) is 5.46. The third kappa shape index (κ3) is 4.53. The molecule has 1 atom stereocenters. The van der Waals surface area contributed by atoms with E-state index in [1.54, 1.807) is 25.1 Å². The van der Waals surface area contributed by atoms with Gasteiger partial charge in [-0.05, 0) is 24.5 Å². The second-order valence-corrected chi connectivity index (χ2v) is 5.87. The molecule has 0 aliphatic heterocycles. The first-order chi connectivity index (χ1) is 9.24. The SMILES string of the molecule is CC(C)C(C)(CC(=O)O)NC(=O)Cc1ccccc1Cl. The number of hydrogen-bond acceptors (Lipinski definition) is 2. The van der Waals surface area contributed by atoms with E-state index in [-0.39, 0.29) is 24.7 Å². The average Bonchev–Trinajstić information content (AvgIpc) is 2.30. The van der Waals surface area contributed by atoms with Crippen LogP contribution in [0.2, 0.25) is 5.02 Å². The maximum Gasteiger partial charge on any atom is 0.305 e. The normalized spacial score (nSPS) is 13.8. The fourth-order valence-electron chi connectivity index (χ4n) is 1.88. The van der Waals surface area contributed by atoms with E-state index in [0.29, 0.717) is 5.02 Å². The monoisotopic (exact) mass is 297 g/mol. The molecule has 1 aromatic rings. The Morgan fingerprint density at radius 3 is 2.45 bits per heavy atom. The second kappa shape index (κ2) is 6.75. The standard InChI is InChI=1S/C15H20ClNO3/c1-10(2)15(3,9-14(19)20)17-13(18)8-11-6-4-5-7-12(11)16/h4-7,10H,8-9H2,1-3H3,(H,17,18)(H,19,20). The fourth-order valence-corrected chi connectivity index (χ4v) is 2.09. The first-order valence-electron chi connectivity index (χ1n) is 6.51. The lowest BCUT2D eigenvalue weighted by Gasteiger charge is -2.33. The molecular formula is C15H20ClNO3. The maximum atomic E-state index is 12.1. The van der Waals surface area contributed by atoms with Gasteiger partial charge in [-0.1, -0.05) is 43.6 Å². The van der Waals surface area contributed by atoms with Crippen molar-refractivity contribution < 1.29 is 14.7 Å². The molecule has 0 aliphatic carbocycles. The van der Waals surface area contributed by atoms with E-state index in [0.717, 1.165) is 5.56 Å². The molecule has 0 spiro atoms. The minimum atomic E-state index is -0.931. The molecule has 1 aromatic carbocycles. The molecule has 0 bridgehead atoms. The first-order valence-corrected chi connectivity index (χ1v) is 6.88. The van der Waals surface area contributed by atoms with Crippen LogP contribution in [-0.2, 0) is 16.0 Å². The van der Waals surface area contributed by atoms with Crippen molar-refractivity contribution in [1.82, 2.24) is 5.32 Å². The molecule has 0 aliphatic rings. The molecule has 0 heterocycles. The van der Waals surface area contributed by atoms with E-state index in [1.165, 1.54) is 0 Å². The number of amides is 1. The van der Waals surface area contributed by atoms with Gasteiger partial charge in [0.15, 0.2) is 0 Å². The Morgan fingerprint density at radius 2 is 1.95 bits per heavy atom. The van der Waals surface area contributed by atoms with E-state index in [9.17, 15) is 9.59 Å². The minimum absolute atomic E-state index is 0.00814. The van der Waals surface area contributed by atoms with Crippen LogP contribution >= 0.6 is 11.6 Å². The van der Waals surface area contributed by atoms with E-state index in [1.807, 2.05) is 19.9 Å². The zero-order valence-electron chi connectivity index (χ0n) is 11.9. The van der Waals surface area contributed by atoms with Crippen LogP contribution < -0.4 is 5.32 Å². The molecule has 4 nitrogen and oxygen atoms in total. The highest BCUT2D eigenvalue weighted by Crippen LogP contribution is 2.22. The summed E-state index contributed by atoms with van der Waals surface area (Å²) in [6, 6.07) is 7.12. The number of carbonyl (C=O) groups excluding carboxylic acids is 1. The molecule has 0 aromatic heterocycles. The largest absolute Gasteiger partial charge is 0.481 e. The van der Waals surface area contributed by atoms with E-state index >= 15 is 0 Å². The van der Waals surface area contributed by atoms with Crippen LogP contribution in [0.4, 0.5) is 0 Å². The summed E-state index contributed by atoms with van der Waals surface area (Å²) in [6.07, 6.45) is 0.0283. The highest BCUT2D eigenvalue weighted by molar-refractivity contribution is 6.31. The van der Waals surface area contributed by atoms with Crippen molar-refractivity contribution in [3.63, 3.8) is 0 Å². The number of hydrogen-bond donors (Lipinski definition) is 2. The maximum absolute atomic E-state index is 12.1. The van der Waals surface area contributed by atoms with Gasteiger partial charge in [0.1, 0.15) is 0 Å². The summed E-state index contributed by atoms with van der Waals surface area (Å²) < 4.78 is 0. The predicted molar refractivity (Wildman–Crippen MR) is 78.8 cm³/mol. The van der Waals surface area contributed by atoms with Crippen LogP contribution in [0.1, 0.15) is 32.8 Å². The van der Waals surface area contributed by atoms with Gasteiger partial charge in [0.05, 0.1) is 12.8 Å². The molecule has 1 unspecified atom stereocenters. The van der Waals surface area contributed by atoms with Gasteiger partial charge < -0.3 is 10.4 Å². The summed E-state index contributed by atoms with van der Waals surface area (Å²) in [4.78, 5) is 23.0. The molecule has 110 valence electrons. The lowest BCUT2D eigenvalue weighted by Crippen LogP contribution is -2.51. The molecule has 0 saturated carbocycles. The topological polar surface area (TPSA) is 66.4 Å². The Balaban J connectivity index is 2.77. The predicted octanol–water partition coefficient (Wildman–Crippen LogP) is 2.89. The Kier molecular flexibility index (Phi) is 5.57. The molecule has 20 heavy (non-hydrogen) atoms. The molecule has 0 saturated heterocycles. The summed E-state index contributed by atoms with van der Waals surface area (Å²) in [5.74, 6) is -1.15. The van der Waals surface area contributed by atoms with Crippen LogP contribution in [0.25, 0.3) is 0 Å². The van der Waals surface area contributed by atoms with Crippen molar-refractivity contribution in [2.75, 3.05) is 0 Å². The van der Waals surface area contributed by atoms with Crippen LogP contribution in [0.3, 0.4) is 0 Å². The fraction of sp³-hybridized carbons (Fsp3) is 0.467. The summed E-state index contributed by atoms with van der Waals surface area (Å²) in [5.41, 5.74) is -0.0439. The van der Waals surface area contributed by atoms with E-state index in [2.05, 4.69) is 5.32 Å². The zero-order valence-corrected chi connectivity index (χ0v) is 12.7. The van der Waals surface area contributed by atoms with Gasteiger partial charge in [-0.2, -0.15) is 0 Å². The van der Waals surface area contributed by atoms with Gasteiger partial charge in [-0.15, -0.1) is 0 Å². The summed E-state index contributed by atoms with van der Waals surface area (Å²) in [6.45, 7) is 5.52. The van der Waals surface area contributed by atoms with Crippen molar-refractivity contribution in [3.05, 3.63) is 34.9 Å². The molecule has 0 radical (unpaired) electrons. The summed E-state index contributed by atoms with van der Waals surface area (Å²) >= 11 is 6.01.